The van der Waals surface area contributed by atoms with Crippen LogP contribution in [0.25, 0.3) is 5.57 Å². The number of hydrogen-bond acceptors (Lipinski definition) is 6. The molecule has 0 N–H and O–H groups in total. The van der Waals surface area contributed by atoms with Crippen LogP contribution in [-0.2, 0) is 14.3 Å². The summed E-state index contributed by atoms with van der Waals surface area (Å²) < 4.78 is 5.34. The monoisotopic (exact) mass is 366 g/mol. The number of thiophene rings is 1. The lowest BCUT2D eigenvalue weighted by Gasteiger charge is -2.28. The van der Waals surface area contributed by atoms with E-state index in [1.807, 2.05) is 31.4 Å². The van der Waals surface area contributed by atoms with Gasteiger partial charge in [0.05, 0.1) is 23.7 Å². The minimum Gasteiger partial charge on any atom is -0.379 e. The van der Waals surface area contributed by atoms with E-state index in [0.29, 0.717) is 23.6 Å². The summed E-state index contributed by atoms with van der Waals surface area (Å²) >= 11 is 2.99. The van der Waals surface area contributed by atoms with Gasteiger partial charge in [-0.05, 0) is 11.4 Å². The fourth-order valence-electron chi connectivity index (χ4n) is 2.81. The van der Waals surface area contributed by atoms with E-state index in [1.54, 1.807) is 0 Å². The smallest absolute Gasteiger partial charge is 0.268 e. The van der Waals surface area contributed by atoms with Crippen molar-refractivity contribution in [2.75, 3.05) is 39.4 Å². The fourth-order valence-corrected chi connectivity index (χ4v) is 4.64. The Morgan fingerprint density at radius 2 is 1.96 bits per heavy atom. The molecule has 1 aromatic rings. The van der Waals surface area contributed by atoms with Crippen molar-refractivity contribution in [3.63, 3.8) is 0 Å². The summed E-state index contributed by atoms with van der Waals surface area (Å²) in [4.78, 5) is 30.8. The SMILES string of the molecule is CC(C)SC1=C(c2cccs2)C(=O)N(CCN2CCOCC2)C1=O. The Morgan fingerprint density at radius 1 is 1.21 bits per heavy atom. The van der Waals surface area contributed by atoms with Crippen LogP contribution < -0.4 is 0 Å². The van der Waals surface area contributed by atoms with Crippen molar-refractivity contribution in [2.24, 2.45) is 0 Å². The topological polar surface area (TPSA) is 49.9 Å². The van der Waals surface area contributed by atoms with Gasteiger partial charge in [-0.3, -0.25) is 19.4 Å². The highest BCUT2D eigenvalue weighted by atomic mass is 32.2. The fraction of sp³-hybridized carbons (Fsp3) is 0.529. The maximum atomic E-state index is 12.9. The van der Waals surface area contributed by atoms with Crippen molar-refractivity contribution in [1.82, 2.24) is 9.80 Å². The molecule has 7 heteroatoms. The Balaban J connectivity index is 1.76. The van der Waals surface area contributed by atoms with Gasteiger partial charge in [0.2, 0.25) is 0 Å². The first-order valence-electron chi connectivity index (χ1n) is 8.19. The predicted molar refractivity (Wildman–Crippen MR) is 97.9 cm³/mol. The molecule has 5 nitrogen and oxygen atoms in total. The van der Waals surface area contributed by atoms with Gasteiger partial charge >= 0.3 is 0 Å². The summed E-state index contributed by atoms with van der Waals surface area (Å²) in [5.41, 5.74) is 0.579. The minimum absolute atomic E-state index is 0.143. The van der Waals surface area contributed by atoms with Gasteiger partial charge in [-0.2, -0.15) is 0 Å². The van der Waals surface area contributed by atoms with Gasteiger partial charge in [0, 0.05) is 36.3 Å². The van der Waals surface area contributed by atoms with Gasteiger partial charge in [-0.25, -0.2) is 0 Å². The molecule has 24 heavy (non-hydrogen) atoms. The zero-order chi connectivity index (χ0) is 17.1. The van der Waals surface area contributed by atoms with E-state index in [-0.39, 0.29) is 17.1 Å². The van der Waals surface area contributed by atoms with Gasteiger partial charge in [0.25, 0.3) is 11.8 Å². The number of rotatable bonds is 6. The first kappa shape index (κ1) is 17.7. The van der Waals surface area contributed by atoms with Crippen LogP contribution in [0.5, 0.6) is 0 Å². The number of carbonyl (C=O) groups excluding carboxylic acids is 2. The van der Waals surface area contributed by atoms with Gasteiger partial charge in [-0.1, -0.05) is 19.9 Å². The van der Waals surface area contributed by atoms with Crippen LogP contribution in [0, 0.1) is 0 Å². The van der Waals surface area contributed by atoms with Crippen molar-refractivity contribution < 1.29 is 14.3 Å². The van der Waals surface area contributed by atoms with Gasteiger partial charge in [0.15, 0.2) is 0 Å². The highest BCUT2D eigenvalue weighted by Gasteiger charge is 2.39. The Hall–Kier alpha value is -1.15. The van der Waals surface area contributed by atoms with Crippen LogP contribution >= 0.6 is 23.1 Å². The number of hydrogen-bond donors (Lipinski definition) is 0. The standard InChI is InChI=1S/C17H22N2O3S2/c1-12(2)24-15-14(13-4-3-11-23-13)16(20)19(17(15)21)6-5-18-7-9-22-10-8-18/h3-4,11-12H,5-10H2,1-2H3. The summed E-state index contributed by atoms with van der Waals surface area (Å²) in [6.45, 7) is 8.37. The summed E-state index contributed by atoms with van der Waals surface area (Å²) in [5.74, 6) is -0.297. The molecule has 2 amide bonds. The number of carbonyl (C=O) groups is 2. The second-order valence-corrected chi connectivity index (χ2v) is 8.60. The Labute approximate surface area is 150 Å². The van der Waals surface area contributed by atoms with Crippen molar-refractivity contribution in [3.8, 4) is 0 Å². The van der Waals surface area contributed by atoms with Crippen molar-refractivity contribution in [2.45, 2.75) is 19.1 Å². The van der Waals surface area contributed by atoms with Crippen molar-refractivity contribution >= 4 is 40.5 Å². The second-order valence-electron chi connectivity index (χ2n) is 6.06. The molecule has 3 heterocycles. The van der Waals surface area contributed by atoms with E-state index in [1.165, 1.54) is 28.0 Å². The molecule has 0 unspecified atom stereocenters. The summed E-state index contributed by atoms with van der Waals surface area (Å²) in [7, 11) is 0. The third-order valence-electron chi connectivity index (χ3n) is 3.99. The van der Waals surface area contributed by atoms with Crippen LogP contribution in [0.1, 0.15) is 18.7 Å². The summed E-state index contributed by atoms with van der Waals surface area (Å²) in [5, 5.41) is 2.19. The van der Waals surface area contributed by atoms with Crippen molar-refractivity contribution in [1.29, 1.82) is 0 Å². The quantitative estimate of drug-likeness (QED) is 0.723. The van der Waals surface area contributed by atoms with E-state index in [4.69, 9.17) is 4.74 Å². The van der Waals surface area contributed by atoms with Crippen LogP contribution in [-0.4, -0.2) is 66.3 Å². The summed E-state index contributed by atoms with van der Waals surface area (Å²) in [6, 6.07) is 3.83. The number of nitrogens with zero attached hydrogens (tertiary/aromatic N) is 2. The van der Waals surface area contributed by atoms with Crippen LogP contribution in [0.2, 0.25) is 0 Å². The molecule has 0 atom stereocenters. The largest absolute Gasteiger partial charge is 0.379 e. The molecule has 0 aromatic carbocycles. The van der Waals surface area contributed by atoms with E-state index in [0.717, 1.165) is 31.2 Å². The van der Waals surface area contributed by atoms with E-state index < -0.39 is 0 Å². The average Bonchev–Trinajstić information content (AvgIpc) is 3.15. The van der Waals surface area contributed by atoms with Crippen LogP contribution in [0.15, 0.2) is 22.4 Å². The molecule has 130 valence electrons. The Morgan fingerprint density at radius 3 is 2.58 bits per heavy atom. The highest BCUT2D eigenvalue weighted by molar-refractivity contribution is 8.04. The predicted octanol–water partition coefficient (Wildman–Crippen LogP) is 2.30. The molecule has 0 radical (unpaired) electrons. The number of morpholine rings is 1. The lowest BCUT2D eigenvalue weighted by molar-refractivity contribution is -0.136. The second kappa shape index (κ2) is 7.82. The Kier molecular flexibility index (Phi) is 5.76. The molecule has 1 saturated heterocycles. The first-order valence-corrected chi connectivity index (χ1v) is 9.95. The van der Waals surface area contributed by atoms with Crippen molar-refractivity contribution in [3.05, 3.63) is 27.3 Å². The van der Waals surface area contributed by atoms with Crippen LogP contribution in [0.3, 0.4) is 0 Å². The van der Waals surface area contributed by atoms with Crippen LogP contribution in [0.4, 0.5) is 0 Å². The number of ether oxygens (including phenoxy) is 1. The average molecular weight is 367 g/mol. The molecule has 0 bridgehead atoms. The number of amides is 2. The molecule has 3 rings (SSSR count). The molecule has 0 aliphatic carbocycles. The lowest BCUT2D eigenvalue weighted by atomic mass is 10.2. The number of thioether (sulfide) groups is 1. The maximum Gasteiger partial charge on any atom is 0.268 e. The first-order chi connectivity index (χ1) is 11.6. The normalized spacial score (nSPS) is 19.9. The third kappa shape index (κ3) is 3.74. The summed E-state index contributed by atoms with van der Waals surface area (Å²) in [6.07, 6.45) is 0. The highest BCUT2D eigenvalue weighted by Crippen LogP contribution is 2.39. The Bertz CT molecular complexity index is 634. The van der Waals surface area contributed by atoms with Gasteiger partial charge in [-0.15, -0.1) is 23.1 Å². The molecule has 1 fully saturated rings. The maximum absolute atomic E-state index is 12.9. The molecule has 0 spiro atoms. The molecule has 0 saturated carbocycles. The number of imide groups is 1. The zero-order valence-corrected chi connectivity index (χ0v) is 15.6. The molecule has 2 aliphatic heterocycles. The minimum atomic E-state index is -0.154. The zero-order valence-electron chi connectivity index (χ0n) is 14.0. The molecular weight excluding hydrogens is 344 g/mol. The molecule has 1 aromatic heterocycles. The van der Waals surface area contributed by atoms with E-state index in [9.17, 15) is 9.59 Å². The third-order valence-corrected chi connectivity index (χ3v) is 5.96. The van der Waals surface area contributed by atoms with E-state index >= 15 is 0 Å². The van der Waals surface area contributed by atoms with Gasteiger partial charge in [0.1, 0.15) is 0 Å². The lowest BCUT2D eigenvalue weighted by Crippen LogP contribution is -2.43. The molecule has 2 aliphatic rings. The molecular formula is C17H22N2O3S2. The van der Waals surface area contributed by atoms with Gasteiger partial charge < -0.3 is 4.74 Å². The van der Waals surface area contributed by atoms with E-state index in [2.05, 4.69) is 4.90 Å².